The van der Waals surface area contributed by atoms with Crippen molar-refractivity contribution in [3.63, 3.8) is 0 Å². The summed E-state index contributed by atoms with van der Waals surface area (Å²) in [6.07, 6.45) is 2.90. The van der Waals surface area contributed by atoms with Crippen LogP contribution in [0.3, 0.4) is 0 Å². The van der Waals surface area contributed by atoms with Crippen LogP contribution >= 0.6 is 34.7 Å². The van der Waals surface area contributed by atoms with E-state index in [-0.39, 0.29) is 23.0 Å². The minimum atomic E-state index is -0.253. The summed E-state index contributed by atoms with van der Waals surface area (Å²) in [4.78, 5) is 27.3. The molecule has 1 heterocycles. The van der Waals surface area contributed by atoms with Gasteiger partial charge >= 0.3 is 0 Å². The number of benzene rings is 2. The van der Waals surface area contributed by atoms with Crippen LogP contribution in [0.1, 0.15) is 53.6 Å². The zero-order valence-electron chi connectivity index (χ0n) is 20.5. The van der Waals surface area contributed by atoms with Gasteiger partial charge in [0.1, 0.15) is 11.1 Å². The van der Waals surface area contributed by atoms with Crippen LogP contribution in [0.5, 0.6) is 0 Å². The average Bonchev–Trinajstić information content (AvgIpc) is 3.18. The van der Waals surface area contributed by atoms with Crippen LogP contribution in [-0.4, -0.2) is 17.6 Å². The number of carbonyl (C=O) groups excluding carboxylic acids is 2. The second-order valence-electron chi connectivity index (χ2n) is 9.95. The van der Waals surface area contributed by atoms with Gasteiger partial charge in [0.2, 0.25) is 5.91 Å². The highest BCUT2D eigenvalue weighted by Gasteiger charge is 2.32. The molecule has 1 aliphatic carbocycles. The van der Waals surface area contributed by atoms with Gasteiger partial charge in [-0.1, -0.05) is 44.5 Å². The molecule has 5 nitrogen and oxygen atoms in total. The molecule has 0 saturated heterocycles. The number of thiophene rings is 1. The Kier molecular flexibility index (Phi) is 8.09. The number of nitrogens with zero attached hydrogens (tertiary/aromatic N) is 1. The van der Waals surface area contributed by atoms with Gasteiger partial charge in [-0.15, -0.1) is 23.1 Å². The van der Waals surface area contributed by atoms with Crippen molar-refractivity contribution in [1.82, 2.24) is 0 Å². The molecule has 2 N–H and O–H groups in total. The quantitative estimate of drug-likeness (QED) is 0.321. The summed E-state index contributed by atoms with van der Waals surface area (Å²) in [6, 6.07) is 16.4. The normalized spacial score (nSPS) is 15.0. The van der Waals surface area contributed by atoms with Crippen LogP contribution in [-0.2, 0) is 17.6 Å². The molecule has 2 aromatic carbocycles. The van der Waals surface area contributed by atoms with E-state index < -0.39 is 0 Å². The summed E-state index contributed by atoms with van der Waals surface area (Å²) in [5, 5.41) is 16.8. The van der Waals surface area contributed by atoms with E-state index in [0.29, 0.717) is 32.8 Å². The van der Waals surface area contributed by atoms with Crippen molar-refractivity contribution in [3.8, 4) is 6.07 Å². The molecule has 4 rings (SSSR count). The zero-order valence-corrected chi connectivity index (χ0v) is 22.9. The Morgan fingerprint density at radius 3 is 2.67 bits per heavy atom. The third-order valence-electron chi connectivity index (χ3n) is 6.40. The summed E-state index contributed by atoms with van der Waals surface area (Å²) >= 11 is 8.90. The van der Waals surface area contributed by atoms with Gasteiger partial charge in [0.25, 0.3) is 5.91 Å². The molecular formula is C28H28ClN3O2S2. The first-order valence-corrected chi connectivity index (χ1v) is 14.0. The van der Waals surface area contributed by atoms with Crippen molar-refractivity contribution in [2.45, 2.75) is 44.9 Å². The number of nitrogens with one attached hydrogen (secondary N) is 2. The van der Waals surface area contributed by atoms with E-state index in [1.165, 1.54) is 16.6 Å². The van der Waals surface area contributed by atoms with E-state index in [9.17, 15) is 14.9 Å². The summed E-state index contributed by atoms with van der Waals surface area (Å²) in [6.45, 7) is 6.79. The molecule has 0 spiro atoms. The summed E-state index contributed by atoms with van der Waals surface area (Å²) in [5.41, 5.74) is 3.05. The van der Waals surface area contributed by atoms with Crippen molar-refractivity contribution in [2.75, 3.05) is 16.4 Å². The van der Waals surface area contributed by atoms with E-state index >= 15 is 0 Å². The van der Waals surface area contributed by atoms with Crippen LogP contribution in [0, 0.1) is 22.7 Å². The van der Waals surface area contributed by atoms with Gasteiger partial charge in [0, 0.05) is 26.0 Å². The first-order valence-electron chi connectivity index (χ1n) is 11.8. The molecule has 1 unspecified atom stereocenters. The molecule has 186 valence electrons. The smallest absolute Gasteiger partial charge is 0.255 e. The number of nitriles is 1. The van der Waals surface area contributed by atoms with Gasteiger partial charge in [-0.25, -0.2) is 0 Å². The fraction of sp³-hybridized carbons (Fsp3) is 0.321. The number of rotatable bonds is 6. The number of anilines is 2. The largest absolute Gasteiger partial charge is 0.322 e. The summed E-state index contributed by atoms with van der Waals surface area (Å²) < 4.78 is 0. The fourth-order valence-corrected chi connectivity index (χ4v) is 6.58. The van der Waals surface area contributed by atoms with Crippen LogP contribution < -0.4 is 10.6 Å². The molecule has 1 aliphatic rings. The summed E-state index contributed by atoms with van der Waals surface area (Å²) in [7, 11) is 0. The highest BCUT2D eigenvalue weighted by atomic mass is 35.5. The SMILES string of the molecule is CC(C)(C)C1CCc2c(sc(NC(=O)CSc3cccc(NC(=O)c4cccc(Cl)c4)c3)c2C#N)C1. The van der Waals surface area contributed by atoms with E-state index in [4.69, 9.17) is 11.6 Å². The number of hydrogen-bond donors (Lipinski definition) is 2. The van der Waals surface area contributed by atoms with Crippen LogP contribution in [0.25, 0.3) is 0 Å². The first-order chi connectivity index (χ1) is 17.1. The highest BCUT2D eigenvalue weighted by molar-refractivity contribution is 8.00. The lowest BCUT2D eigenvalue weighted by Crippen LogP contribution is -2.26. The van der Waals surface area contributed by atoms with Gasteiger partial charge < -0.3 is 10.6 Å². The van der Waals surface area contributed by atoms with Gasteiger partial charge in [-0.05, 0) is 72.6 Å². The topological polar surface area (TPSA) is 82.0 Å². The predicted octanol–water partition coefficient (Wildman–Crippen LogP) is 7.41. The number of fused-ring (bicyclic) bond motifs is 1. The molecule has 0 aliphatic heterocycles. The number of carbonyl (C=O) groups is 2. The lowest BCUT2D eigenvalue weighted by molar-refractivity contribution is -0.113. The van der Waals surface area contributed by atoms with Gasteiger partial charge in [-0.2, -0.15) is 5.26 Å². The minimum Gasteiger partial charge on any atom is -0.322 e. The highest BCUT2D eigenvalue weighted by Crippen LogP contribution is 2.44. The molecular weight excluding hydrogens is 510 g/mol. The minimum absolute atomic E-state index is 0.157. The van der Waals surface area contributed by atoms with E-state index in [0.717, 1.165) is 29.7 Å². The second kappa shape index (κ2) is 11.1. The molecule has 0 saturated carbocycles. The Morgan fingerprint density at radius 1 is 1.17 bits per heavy atom. The molecule has 0 fully saturated rings. The Bertz CT molecular complexity index is 1340. The van der Waals surface area contributed by atoms with E-state index in [2.05, 4.69) is 37.5 Å². The predicted molar refractivity (Wildman–Crippen MR) is 149 cm³/mol. The van der Waals surface area contributed by atoms with Crippen LogP contribution in [0.4, 0.5) is 10.7 Å². The number of thioether (sulfide) groups is 1. The second-order valence-corrected chi connectivity index (χ2v) is 12.5. The number of amides is 2. The molecule has 0 bridgehead atoms. The monoisotopic (exact) mass is 537 g/mol. The van der Waals surface area contributed by atoms with Gasteiger partial charge in [-0.3, -0.25) is 9.59 Å². The zero-order chi connectivity index (χ0) is 25.9. The maximum absolute atomic E-state index is 12.8. The standard InChI is InChI=1S/C28H28ClN3O2S2/c1-28(2,3)18-10-11-22-23(15-30)27(36-24(22)13-18)32-25(33)16-35-21-9-5-8-20(14-21)31-26(34)17-6-4-7-19(29)12-17/h4-9,12,14,18H,10-11,13,16H2,1-3H3,(H,31,34)(H,32,33). The van der Waals surface area contributed by atoms with Crippen molar-refractivity contribution in [3.05, 3.63) is 75.1 Å². The fourth-order valence-electron chi connectivity index (χ4n) is 4.34. The lowest BCUT2D eigenvalue weighted by Gasteiger charge is -2.33. The summed E-state index contributed by atoms with van der Waals surface area (Å²) in [5.74, 6) is 0.359. The van der Waals surface area contributed by atoms with Crippen molar-refractivity contribution < 1.29 is 9.59 Å². The number of hydrogen-bond acceptors (Lipinski definition) is 5. The molecule has 8 heteroatoms. The van der Waals surface area contributed by atoms with Crippen molar-refractivity contribution >= 4 is 57.2 Å². The Hall–Kier alpha value is -2.79. The number of halogens is 1. The van der Waals surface area contributed by atoms with Crippen LogP contribution in [0.2, 0.25) is 5.02 Å². The Morgan fingerprint density at radius 2 is 1.94 bits per heavy atom. The van der Waals surface area contributed by atoms with Gasteiger partial charge in [0.15, 0.2) is 0 Å². The molecule has 2 amide bonds. The average molecular weight is 538 g/mol. The Balaban J connectivity index is 1.37. The molecule has 3 aromatic rings. The first kappa shape index (κ1) is 26.3. The van der Waals surface area contributed by atoms with E-state index in [1.807, 2.05) is 18.2 Å². The molecule has 0 radical (unpaired) electrons. The van der Waals surface area contributed by atoms with Gasteiger partial charge in [0.05, 0.1) is 11.3 Å². The molecule has 1 atom stereocenters. The van der Waals surface area contributed by atoms with E-state index in [1.54, 1.807) is 41.7 Å². The lowest BCUT2D eigenvalue weighted by atomic mass is 9.72. The Labute approximate surface area is 225 Å². The maximum atomic E-state index is 12.8. The van der Waals surface area contributed by atoms with Crippen LogP contribution in [0.15, 0.2) is 53.4 Å². The molecule has 1 aromatic heterocycles. The molecule has 36 heavy (non-hydrogen) atoms. The third kappa shape index (κ3) is 6.31. The van der Waals surface area contributed by atoms with Crippen molar-refractivity contribution in [2.24, 2.45) is 11.3 Å². The third-order valence-corrected chi connectivity index (χ3v) is 8.80. The van der Waals surface area contributed by atoms with Crippen molar-refractivity contribution in [1.29, 1.82) is 5.26 Å². The maximum Gasteiger partial charge on any atom is 0.255 e.